The summed E-state index contributed by atoms with van der Waals surface area (Å²) in [7, 11) is 1.99. The van der Waals surface area contributed by atoms with Gasteiger partial charge in [0.25, 0.3) is 5.91 Å². The maximum Gasteiger partial charge on any atom is 0.263 e. The van der Waals surface area contributed by atoms with Gasteiger partial charge in [-0.15, -0.1) is 11.3 Å². The van der Waals surface area contributed by atoms with Crippen molar-refractivity contribution in [1.82, 2.24) is 14.8 Å². The molecular weight excluding hydrogens is 438 g/mol. The molecule has 1 fully saturated rings. The van der Waals surface area contributed by atoms with Crippen molar-refractivity contribution in [2.24, 2.45) is 5.92 Å². The predicted molar refractivity (Wildman–Crippen MR) is 140 cm³/mol. The Hall–Kier alpha value is -3.02. The van der Waals surface area contributed by atoms with E-state index in [-0.39, 0.29) is 11.9 Å². The summed E-state index contributed by atoms with van der Waals surface area (Å²) < 4.78 is 0. The molecule has 0 aliphatic carbocycles. The molecule has 0 N–H and O–H groups in total. The molecule has 4 nitrogen and oxygen atoms in total. The minimum absolute atomic E-state index is 0.139. The molecule has 4 aromatic rings. The van der Waals surface area contributed by atoms with Crippen LogP contribution in [0.25, 0.3) is 10.9 Å². The van der Waals surface area contributed by atoms with Crippen LogP contribution in [-0.2, 0) is 13.0 Å². The lowest BCUT2D eigenvalue weighted by atomic mass is 9.84. The summed E-state index contributed by atoms with van der Waals surface area (Å²) in [6, 6.07) is 25.3. The van der Waals surface area contributed by atoms with E-state index in [2.05, 4.69) is 64.5 Å². The van der Waals surface area contributed by atoms with Crippen LogP contribution in [-0.4, -0.2) is 46.9 Å². The van der Waals surface area contributed by atoms with Crippen LogP contribution in [0.2, 0.25) is 0 Å². The van der Waals surface area contributed by atoms with Crippen LogP contribution >= 0.6 is 11.3 Å². The number of likely N-dealkylation sites (N-methyl/N-ethyl adjacent to an activating group) is 1. The smallest absolute Gasteiger partial charge is 0.263 e. The van der Waals surface area contributed by atoms with Gasteiger partial charge in [-0.05, 0) is 66.9 Å². The van der Waals surface area contributed by atoms with Gasteiger partial charge < -0.3 is 4.90 Å². The molecule has 1 saturated heterocycles. The number of piperidine rings is 1. The molecule has 1 amide bonds. The van der Waals surface area contributed by atoms with Crippen molar-refractivity contribution in [3.05, 3.63) is 100 Å². The highest BCUT2D eigenvalue weighted by atomic mass is 32.1. The monoisotopic (exact) mass is 469 g/mol. The molecule has 174 valence electrons. The SMILES string of the molecule is CN(C(=O)c1cccs1)C(Cc1ccccc1)C1CCN(Cc2cccc3cccnc23)CC1. The molecule has 0 saturated carbocycles. The molecule has 5 rings (SSSR count). The van der Waals surface area contributed by atoms with Crippen molar-refractivity contribution < 1.29 is 4.79 Å². The number of para-hydroxylation sites is 1. The van der Waals surface area contributed by atoms with Gasteiger partial charge in [-0.25, -0.2) is 0 Å². The molecule has 5 heteroatoms. The van der Waals surface area contributed by atoms with Crippen molar-refractivity contribution in [2.45, 2.75) is 31.8 Å². The molecular formula is C29H31N3OS. The molecule has 34 heavy (non-hydrogen) atoms. The second-order valence-corrected chi connectivity index (χ2v) is 10.2. The number of hydrogen-bond acceptors (Lipinski definition) is 4. The highest BCUT2D eigenvalue weighted by molar-refractivity contribution is 7.12. The predicted octanol–water partition coefficient (Wildman–Crippen LogP) is 5.89. The summed E-state index contributed by atoms with van der Waals surface area (Å²) >= 11 is 1.53. The van der Waals surface area contributed by atoms with E-state index in [1.54, 1.807) is 0 Å². The first-order chi connectivity index (χ1) is 16.7. The molecule has 0 bridgehead atoms. The topological polar surface area (TPSA) is 36.4 Å². The van der Waals surface area contributed by atoms with E-state index in [1.165, 1.54) is 27.8 Å². The molecule has 1 aliphatic rings. The van der Waals surface area contributed by atoms with E-state index < -0.39 is 0 Å². The number of benzene rings is 2. The normalized spacial score (nSPS) is 15.9. The van der Waals surface area contributed by atoms with E-state index in [1.807, 2.05) is 41.7 Å². The minimum atomic E-state index is 0.139. The van der Waals surface area contributed by atoms with E-state index in [0.717, 1.165) is 49.3 Å². The summed E-state index contributed by atoms with van der Waals surface area (Å²) in [4.78, 5) is 23.2. The van der Waals surface area contributed by atoms with Crippen LogP contribution < -0.4 is 0 Å². The van der Waals surface area contributed by atoms with Gasteiger partial charge >= 0.3 is 0 Å². The van der Waals surface area contributed by atoms with Crippen LogP contribution in [0.5, 0.6) is 0 Å². The summed E-state index contributed by atoms with van der Waals surface area (Å²) in [5.74, 6) is 0.621. The number of pyridine rings is 1. The number of thiophene rings is 1. The zero-order chi connectivity index (χ0) is 23.3. The first-order valence-electron chi connectivity index (χ1n) is 12.1. The molecule has 2 aromatic carbocycles. The average molecular weight is 470 g/mol. The largest absolute Gasteiger partial charge is 0.337 e. The van der Waals surface area contributed by atoms with Crippen molar-refractivity contribution in [3.8, 4) is 0 Å². The van der Waals surface area contributed by atoms with Gasteiger partial charge in [0.15, 0.2) is 0 Å². The van der Waals surface area contributed by atoms with Gasteiger partial charge in [-0.3, -0.25) is 14.7 Å². The number of fused-ring (bicyclic) bond motifs is 1. The lowest BCUT2D eigenvalue weighted by Gasteiger charge is -2.40. The summed E-state index contributed by atoms with van der Waals surface area (Å²) in [6.45, 7) is 3.01. The van der Waals surface area contributed by atoms with E-state index in [9.17, 15) is 4.79 Å². The van der Waals surface area contributed by atoms with Gasteiger partial charge in [-0.1, -0.05) is 60.7 Å². The number of nitrogens with zero attached hydrogens (tertiary/aromatic N) is 3. The van der Waals surface area contributed by atoms with Crippen molar-refractivity contribution in [3.63, 3.8) is 0 Å². The zero-order valence-electron chi connectivity index (χ0n) is 19.6. The second kappa shape index (κ2) is 10.5. The maximum atomic E-state index is 13.2. The lowest BCUT2D eigenvalue weighted by molar-refractivity contribution is 0.0589. The van der Waals surface area contributed by atoms with Gasteiger partial charge in [0.1, 0.15) is 0 Å². The Morgan fingerprint density at radius 2 is 1.82 bits per heavy atom. The number of likely N-dealkylation sites (tertiary alicyclic amines) is 1. The summed E-state index contributed by atoms with van der Waals surface area (Å²) in [5, 5.41) is 3.18. The fourth-order valence-corrected chi connectivity index (χ4v) is 5.94. The van der Waals surface area contributed by atoms with Gasteiger partial charge in [0.2, 0.25) is 0 Å². The second-order valence-electron chi connectivity index (χ2n) is 9.26. The molecule has 0 spiro atoms. The quantitative estimate of drug-likeness (QED) is 0.339. The minimum Gasteiger partial charge on any atom is -0.337 e. The van der Waals surface area contributed by atoms with Crippen molar-refractivity contribution >= 4 is 28.1 Å². The Bertz CT molecular complexity index is 1210. The van der Waals surface area contributed by atoms with Crippen molar-refractivity contribution in [2.75, 3.05) is 20.1 Å². The molecule has 0 radical (unpaired) electrons. The fourth-order valence-electron chi connectivity index (χ4n) is 5.23. The third-order valence-corrected chi connectivity index (χ3v) is 7.98. The van der Waals surface area contributed by atoms with Crippen LogP contribution in [0.15, 0.2) is 84.4 Å². The van der Waals surface area contributed by atoms with Gasteiger partial charge in [-0.2, -0.15) is 0 Å². The number of rotatable bonds is 7. The number of carbonyl (C=O) groups excluding carboxylic acids is 1. The molecule has 1 unspecified atom stereocenters. The molecule has 2 aromatic heterocycles. The van der Waals surface area contributed by atoms with Gasteiger partial charge in [0, 0.05) is 31.2 Å². The first-order valence-corrected chi connectivity index (χ1v) is 13.0. The third-order valence-electron chi connectivity index (χ3n) is 7.12. The Morgan fingerprint density at radius 3 is 2.59 bits per heavy atom. The fraction of sp³-hybridized carbons (Fsp3) is 0.310. The van der Waals surface area contributed by atoms with Crippen LogP contribution in [0.4, 0.5) is 0 Å². The van der Waals surface area contributed by atoms with Crippen molar-refractivity contribution in [1.29, 1.82) is 0 Å². The Kier molecular flexibility index (Phi) is 7.02. The third kappa shape index (κ3) is 5.06. The number of carbonyl (C=O) groups is 1. The van der Waals surface area contributed by atoms with E-state index in [4.69, 9.17) is 0 Å². The lowest BCUT2D eigenvalue weighted by Crippen LogP contribution is -2.47. The van der Waals surface area contributed by atoms with Crippen LogP contribution in [0.3, 0.4) is 0 Å². The maximum absolute atomic E-state index is 13.2. The molecule has 3 heterocycles. The standard InChI is InChI=1S/C29H31N3OS/c1-31(29(33)27-13-7-19-34-27)26(20-22-8-3-2-4-9-22)23-14-17-32(18-15-23)21-25-11-5-10-24-12-6-16-30-28(24)25/h2-13,16,19,23,26H,14-15,17-18,20-21H2,1H3. The summed E-state index contributed by atoms with van der Waals surface area (Å²) in [6.07, 6.45) is 4.97. The first kappa shape index (κ1) is 22.8. The highest BCUT2D eigenvalue weighted by Crippen LogP contribution is 2.29. The van der Waals surface area contributed by atoms with Crippen LogP contribution in [0.1, 0.15) is 33.6 Å². The zero-order valence-corrected chi connectivity index (χ0v) is 20.5. The number of hydrogen-bond donors (Lipinski definition) is 0. The number of aromatic nitrogens is 1. The Labute approximate surface area is 205 Å². The Balaban J connectivity index is 1.29. The molecule has 1 atom stereocenters. The Morgan fingerprint density at radius 1 is 1.03 bits per heavy atom. The number of amides is 1. The highest BCUT2D eigenvalue weighted by Gasteiger charge is 2.32. The van der Waals surface area contributed by atoms with E-state index >= 15 is 0 Å². The van der Waals surface area contributed by atoms with Crippen LogP contribution in [0, 0.1) is 5.92 Å². The average Bonchev–Trinajstić information content (AvgIpc) is 3.43. The molecule has 1 aliphatic heterocycles. The van der Waals surface area contributed by atoms with Gasteiger partial charge in [0.05, 0.1) is 10.4 Å². The van der Waals surface area contributed by atoms with E-state index in [0.29, 0.717) is 5.92 Å². The summed E-state index contributed by atoms with van der Waals surface area (Å²) in [5.41, 5.74) is 3.69.